The molecule has 2 rings (SSSR count). The molecule has 14 heavy (non-hydrogen) atoms. The van der Waals surface area contributed by atoms with Crippen molar-refractivity contribution in [1.29, 1.82) is 0 Å². The number of nitrogens with zero attached hydrogens (tertiary/aromatic N) is 2. The summed E-state index contributed by atoms with van der Waals surface area (Å²) in [4.78, 5) is 11.2. The highest BCUT2D eigenvalue weighted by Gasteiger charge is 2.16. The third-order valence-electron chi connectivity index (χ3n) is 1.42. The number of carbonyl (C=O) groups is 1. The van der Waals surface area contributed by atoms with Crippen LogP contribution in [-0.4, -0.2) is 21.3 Å². The van der Waals surface area contributed by atoms with Crippen molar-refractivity contribution in [2.75, 3.05) is 0 Å². The molecule has 0 aliphatic heterocycles. The van der Waals surface area contributed by atoms with Crippen LogP contribution in [0.15, 0.2) is 20.3 Å². The first-order chi connectivity index (χ1) is 6.68. The molecule has 0 bridgehead atoms. The molecule has 2 aromatic heterocycles. The van der Waals surface area contributed by atoms with Gasteiger partial charge in [0, 0.05) is 4.47 Å². The van der Waals surface area contributed by atoms with Gasteiger partial charge < -0.3 is 9.52 Å². The van der Waals surface area contributed by atoms with Crippen molar-refractivity contribution in [3.05, 3.63) is 21.8 Å². The maximum absolute atomic E-state index is 10.5. The standard InChI is InChI=1S/C7H3BrN2O3S/c8-3-1-2-14-4(3)5-9-10-6(13-5)7(11)12/h1-2H,(H,11,12). The van der Waals surface area contributed by atoms with Gasteiger partial charge in [-0.3, -0.25) is 0 Å². The normalized spacial score (nSPS) is 10.4. The van der Waals surface area contributed by atoms with Crippen molar-refractivity contribution in [3.63, 3.8) is 0 Å². The van der Waals surface area contributed by atoms with Crippen LogP contribution in [0.25, 0.3) is 10.8 Å². The van der Waals surface area contributed by atoms with Gasteiger partial charge in [0.2, 0.25) is 0 Å². The lowest BCUT2D eigenvalue weighted by Crippen LogP contribution is -1.95. The van der Waals surface area contributed by atoms with Gasteiger partial charge in [-0.2, -0.15) is 0 Å². The van der Waals surface area contributed by atoms with Crippen LogP contribution in [0.1, 0.15) is 10.7 Å². The van der Waals surface area contributed by atoms with Crippen molar-refractivity contribution in [2.24, 2.45) is 0 Å². The molecule has 72 valence electrons. The van der Waals surface area contributed by atoms with Gasteiger partial charge in [-0.05, 0) is 27.4 Å². The van der Waals surface area contributed by atoms with E-state index in [4.69, 9.17) is 9.52 Å². The fourth-order valence-electron chi connectivity index (χ4n) is 0.848. The number of aromatic carboxylic acids is 1. The monoisotopic (exact) mass is 274 g/mol. The van der Waals surface area contributed by atoms with Gasteiger partial charge in [0.1, 0.15) is 4.88 Å². The highest BCUT2D eigenvalue weighted by Crippen LogP contribution is 2.32. The van der Waals surface area contributed by atoms with Crippen LogP contribution >= 0.6 is 27.3 Å². The quantitative estimate of drug-likeness (QED) is 0.909. The molecule has 0 aromatic carbocycles. The molecule has 0 spiro atoms. The predicted molar refractivity (Wildman–Crippen MR) is 52.3 cm³/mol. The number of halogens is 1. The largest absolute Gasteiger partial charge is 0.474 e. The van der Waals surface area contributed by atoms with E-state index in [9.17, 15) is 4.79 Å². The maximum atomic E-state index is 10.5. The number of aromatic nitrogens is 2. The fraction of sp³-hybridized carbons (Fsp3) is 0. The second kappa shape index (κ2) is 3.50. The van der Waals surface area contributed by atoms with E-state index in [1.165, 1.54) is 11.3 Å². The van der Waals surface area contributed by atoms with Crippen molar-refractivity contribution in [2.45, 2.75) is 0 Å². The molecule has 0 aliphatic rings. The van der Waals surface area contributed by atoms with E-state index < -0.39 is 11.9 Å². The molecule has 0 fully saturated rings. The fourth-order valence-corrected chi connectivity index (χ4v) is 2.31. The highest BCUT2D eigenvalue weighted by molar-refractivity contribution is 9.10. The number of carboxylic acids is 1. The summed E-state index contributed by atoms with van der Waals surface area (Å²) in [6, 6.07) is 1.82. The van der Waals surface area contributed by atoms with E-state index in [0.29, 0.717) is 0 Å². The Morgan fingerprint density at radius 2 is 2.36 bits per heavy atom. The first-order valence-corrected chi connectivity index (χ1v) is 5.16. The topological polar surface area (TPSA) is 76.2 Å². The predicted octanol–water partition coefficient (Wildman–Crippen LogP) is 2.26. The molecule has 0 saturated heterocycles. The van der Waals surface area contributed by atoms with E-state index in [-0.39, 0.29) is 5.89 Å². The molecule has 0 radical (unpaired) electrons. The number of rotatable bonds is 2. The van der Waals surface area contributed by atoms with Gasteiger partial charge in [0.15, 0.2) is 0 Å². The average Bonchev–Trinajstić information content (AvgIpc) is 2.71. The lowest BCUT2D eigenvalue weighted by molar-refractivity contribution is 0.0654. The summed E-state index contributed by atoms with van der Waals surface area (Å²) in [6.45, 7) is 0. The SMILES string of the molecule is O=C(O)c1nnc(-c2sccc2Br)o1. The molecule has 0 unspecified atom stereocenters. The van der Waals surface area contributed by atoms with Crippen LogP contribution in [-0.2, 0) is 0 Å². The first kappa shape index (κ1) is 9.35. The zero-order valence-electron chi connectivity index (χ0n) is 6.60. The van der Waals surface area contributed by atoms with Crippen molar-refractivity contribution in [3.8, 4) is 10.8 Å². The lowest BCUT2D eigenvalue weighted by Gasteiger charge is -1.87. The smallest absolute Gasteiger partial charge is 0.393 e. The Kier molecular flexibility index (Phi) is 2.34. The molecule has 1 N–H and O–H groups in total. The molecule has 0 saturated carbocycles. The molecule has 0 atom stereocenters. The second-order valence-electron chi connectivity index (χ2n) is 2.32. The average molecular weight is 275 g/mol. The van der Waals surface area contributed by atoms with Crippen LogP contribution in [0, 0.1) is 0 Å². The minimum atomic E-state index is -1.23. The molecular weight excluding hydrogens is 272 g/mol. The second-order valence-corrected chi connectivity index (χ2v) is 4.09. The molecule has 2 aromatic rings. The lowest BCUT2D eigenvalue weighted by atomic mass is 10.5. The summed E-state index contributed by atoms with van der Waals surface area (Å²) in [5.41, 5.74) is 0. The van der Waals surface area contributed by atoms with E-state index in [1.54, 1.807) is 0 Å². The summed E-state index contributed by atoms with van der Waals surface area (Å²) in [6.07, 6.45) is 0. The van der Waals surface area contributed by atoms with Crippen molar-refractivity contribution in [1.82, 2.24) is 10.2 Å². The minimum absolute atomic E-state index is 0.212. The van der Waals surface area contributed by atoms with E-state index in [1.807, 2.05) is 11.4 Å². The molecule has 2 heterocycles. The van der Waals surface area contributed by atoms with Gasteiger partial charge in [-0.15, -0.1) is 21.5 Å². The molecular formula is C7H3BrN2O3S. The highest BCUT2D eigenvalue weighted by atomic mass is 79.9. The Morgan fingerprint density at radius 1 is 1.57 bits per heavy atom. The van der Waals surface area contributed by atoms with Crippen LogP contribution in [0.3, 0.4) is 0 Å². The Balaban J connectivity index is 2.43. The first-order valence-electron chi connectivity index (χ1n) is 3.48. The Labute approximate surface area is 90.5 Å². The van der Waals surface area contributed by atoms with Crippen LogP contribution in [0.4, 0.5) is 0 Å². The van der Waals surface area contributed by atoms with Crippen LogP contribution in [0.5, 0.6) is 0 Å². The maximum Gasteiger partial charge on any atom is 0.393 e. The Bertz CT molecular complexity index is 479. The van der Waals surface area contributed by atoms with Gasteiger partial charge in [0.05, 0.1) is 0 Å². The van der Waals surface area contributed by atoms with Crippen LogP contribution in [0.2, 0.25) is 0 Å². The van der Waals surface area contributed by atoms with Crippen molar-refractivity contribution >= 4 is 33.2 Å². The summed E-state index contributed by atoms with van der Waals surface area (Å²) in [7, 11) is 0. The summed E-state index contributed by atoms with van der Waals surface area (Å²) < 4.78 is 5.74. The van der Waals surface area contributed by atoms with Gasteiger partial charge in [-0.25, -0.2) is 4.79 Å². The molecule has 0 aliphatic carbocycles. The summed E-state index contributed by atoms with van der Waals surface area (Å²) >= 11 is 4.68. The van der Waals surface area contributed by atoms with Gasteiger partial charge in [0.25, 0.3) is 5.89 Å². The molecule has 5 nitrogen and oxygen atoms in total. The Morgan fingerprint density at radius 3 is 2.86 bits per heavy atom. The van der Waals surface area contributed by atoms with E-state index in [0.717, 1.165) is 9.35 Å². The molecule has 7 heteroatoms. The zero-order valence-corrected chi connectivity index (χ0v) is 9.00. The zero-order chi connectivity index (χ0) is 10.1. The number of thiophene rings is 1. The van der Waals surface area contributed by atoms with Crippen molar-refractivity contribution < 1.29 is 14.3 Å². The summed E-state index contributed by atoms with van der Waals surface area (Å²) in [5.74, 6) is -1.42. The Hall–Kier alpha value is -1.21. The third-order valence-corrected chi connectivity index (χ3v) is 3.25. The van der Waals surface area contributed by atoms with Gasteiger partial charge in [-0.1, -0.05) is 0 Å². The number of carboxylic acid groups (broad SMARTS) is 1. The number of hydrogen-bond donors (Lipinski definition) is 1. The molecule has 0 amide bonds. The number of hydrogen-bond acceptors (Lipinski definition) is 5. The van der Waals surface area contributed by atoms with E-state index in [2.05, 4.69) is 26.1 Å². The summed E-state index contributed by atoms with van der Waals surface area (Å²) in [5, 5.41) is 17.4. The van der Waals surface area contributed by atoms with Gasteiger partial charge >= 0.3 is 11.9 Å². The van der Waals surface area contributed by atoms with Crippen LogP contribution < -0.4 is 0 Å². The minimum Gasteiger partial charge on any atom is -0.474 e. The van der Waals surface area contributed by atoms with E-state index >= 15 is 0 Å². The third kappa shape index (κ3) is 1.55.